The van der Waals surface area contributed by atoms with Gasteiger partial charge in [-0.05, 0) is 18.6 Å². The van der Waals surface area contributed by atoms with Crippen molar-refractivity contribution in [3.8, 4) is 17.2 Å². The highest BCUT2D eigenvalue weighted by molar-refractivity contribution is 5.94. The van der Waals surface area contributed by atoms with Crippen molar-refractivity contribution in [1.82, 2.24) is 0 Å². The van der Waals surface area contributed by atoms with E-state index < -0.39 is 35.2 Å². The molecule has 0 bridgehead atoms. The number of benzene rings is 1. The van der Waals surface area contributed by atoms with Crippen molar-refractivity contribution in [2.45, 2.75) is 13.3 Å². The highest BCUT2D eigenvalue weighted by Gasteiger charge is 2.17. The van der Waals surface area contributed by atoms with Gasteiger partial charge in [0.25, 0.3) is 0 Å². The molecule has 0 aliphatic heterocycles. The van der Waals surface area contributed by atoms with Gasteiger partial charge in [0.1, 0.15) is 0 Å². The molecular weight excluding hydrogens is 308 g/mol. The second kappa shape index (κ2) is 8.42. The monoisotopic (exact) mass is 324 g/mol. The Morgan fingerprint density at radius 3 is 2.39 bits per heavy atom. The second-order valence-corrected chi connectivity index (χ2v) is 4.26. The normalized spacial score (nSPS) is 10.3. The number of esters is 3. The molecule has 0 fully saturated rings. The Morgan fingerprint density at radius 2 is 1.78 bits per heavy atom. The van der Waals surface area contributed by atoms with Crippen LogP contribution in [0, 0.1) is 0 Å². The number of methoxy groups -OCH3 is 1. The van der Waals surface area contributed by atoms with Gasteiger partial charge in [0.15, 0.2) is 11.5 Å². The molecule has 0 unspecified atom stereocenters. The molecule has 1 aromatic carbocycles. The van der Waals surface area contributed by atoms with Crippen molar-refractivity contribution in [2.24, 2.45) is 0 Å². The van der Waals surface area contributed by atoms with Gasteiger partial charge >= 0.3 is 17.9 Å². The Kier molecular flexibility index (Phi) is 6.60. The highest BCUT2D eigenvalue weighted by atomic mass is 16.5. The van der Waals surface area contributed by atoms with Crippen LogP contribution < -0.4 is 4.74 Å². The van der Waals surface area contributed by atoms with Gasteiger partial charge in [-0.15, -0.1) is 0 Å². The van der Waals surface area contributed by atoms with Crippen LogP contribution in [0.4, 0.5) is 0 Å². The van der Waals surface area contributed by atoms with E-state index in [0.29, 0.717) is 6.42 Å². The summed E-state index contributed by atoms with van der Waals surface area (Å²) in [6.45, 7) is 1.99. The SMILES string of the molecule is CCCOC(=O)c1cc(O)c(O)c(OC(=O)/C=C/C(=O)OC)c1. The summed E-state index contributed by atoms with van der Waals surface area (Å²) in [4.78, 5) is 34.1. The van der Waals surface area contributed by atoms with E-state index in [4.69, 9.17) is 9.47 Å². The van der Waals surface area contributed by atoms with E-state index in [0.717, 1.165) is 31.4 Å². The van der Waals surface area contributed by atoms with Crippen LogP contribution in [0.25, 0.3) is 0 Å². The number of phenolic OH excluding ortho intramolecular Hbond substituents is 2. The van der Waals surface area contributed by atoms with Crippen molar-refractivity contribution >= 4 is 17.9 Å². The van der Waals surface area contributed by atoms with E-state index in [1.165, 1.54) is 0 Å². The lowest BCUT2D eigenvalue weighted by atomic mass is 10.2. The summed E-state index contributed by atoms with van der Waals surface area (Å²) in [7, 11) is 1.13. The highest BCUT2D eigenvalue weighted by Crippen LogP contribution is 2.36. The summed E-state index contributed by atoms with van der Waals surface area (Å²) in [5, 5.41) is 19.2. The first kappa shape index (κ1) is 18.0. The molecular formula is C15H16O8. The van der Waals surface area contributed by atoms with Crippen LogP contribution >= 0.6 is 0 Å². The number of phenols is 2. The number of carbonyl (C=O) groups excluding carboxylic acids is 3. The smallest absolute Gasteiger partial charge is 0.338 e. The molecule has 0 heterocycles. The Hall–Kier alpha value is -3.03. The largest absolute Gasteiger partial charge is 0.504 e. The maximum atomic E-state index is 11.7. The van der Waals surface area contributed by atoms with E-state index in [2.05, 4.69) is 4.74 Å². The molecule has 0 aliphatic carbocycles. The lowest BCUT2D eigenvalue weighted by Gasteiger charge is -2.09. The fourth-order valence-corrected chi connectivity index (χ4v) is 1.41. The zero-order chi connectivity index (χ0) is 17.4. The molecule has 2 N–H and O–H groups in total. The third-order valence-corrected chi connectivity index (χ3v) is 2.50. The van der Waals surface area contributed by atoms with Gasteiger partial charge in [0.05, 0.1) is 19.3 Å². The van der Waals surface area contributed by atoms with Gasteiger partial charge in [0.2, 0.25) is 5.75 Å². The molecule has 0 atom stereocenters. The maximum absolute atomic E-state index is 11.7. The molecule has 1 aromatic rings. The molecule has 8 nitrogen and oxygen atoms in total. The number of carbonyl (C=O) groups is 3. The van der Waals surface area contributed by atoms with Crippen molar-refractivity contribution in [2.75, 3.05) is 13.7 Å². The minimum Gasteiger partial charge on any atom is -0.504 e. The van der Waals surface area contributed by atoms with Crippen LogP contribution in [-0.2, 0) is 19.1 Å². The Labute approximate surface area is 131 Å². The van der Waals surface area contributed by atoms with Crippen LogP contribution in [-0.4, -0.2) is 41.8 Å². The number of ether oxygens (including phenoxy) is 3. The first-order chi connectivity index (χ1) is 10.9. The van der Waals surface area contributed by atoms with Crippen LogP contribution in [0.15, 0.2) is 24.3 Å². The van der Waals surface area contributed by atoms with E-state index in [1.807, 2.05) is 6.92 Å². The minimum absolute atomic E-state index is 0.103. The van der Waals surface area contributed by atoms with Gasteiger partial charge in [0, 0.05) is 12.2 Å². The number of aromatic hydroxyl groups is 2. The first-order valence-corrected chi connectivity index (χ1v) is 6.60. The molecule has 0 saturated carbocycles. The van der Waals surface area contributed by atoms with Crippen molar-refractivity contribution in [1.29, 1.82) is 0 Å². The van der Waals surface area contributed by atoms with Gasteiger partial charge in [-0.2, -0.15) is 0 Å². The fraction of sp³-hybridized carbons (Fsp3) is 0.267. The van der Waals surface area contributed by atoms with Gasteiger partial charge in [-0.25, -0.2) is 14.4 Å². The average Bonchev–Trinajstić information content (AvgIpc) is 2.54. The summed E-state index contributed by atoms with van der Waals surface area (Å²) < 4.78 is 13.9. The molecule has 23 heavy (non-hydrogen) atoms. The van der Waals surface area contributed by atoms with E-state index in [-0.39, 0.29) is 12.2 Å². The lowest BCUT2D eigenvalue weighted by molar-refractivity contribution is -0.135. The van der Waals surface area contributed by atoms with Crippen LogP contribution in [0.3, 0.4) is 0 Å². The maximum Gasteiger partial charge on any atom is 0.338 e. The number of hydrogen-bond acceptors (Lipinski definition) is 8. The zero-order valence-electron chi connectivity index (χ0n) is 12.6. The zero-order valence-corrected chi connectivity index (χ0v) is 12.6. The summed E-state index contributed by atoms with van der Waals surface area (Å²) in [5.74, 6) is -4.36. The average molecular weight is 324 g/mol. The minimum atomic E-state index is -1.01. The predicted molar refractivity (Wildman–Crippen MR) is 77.1 cm³/mol. The summed E-state index contributed by atoms with van der Waals surface area (Å²) in [5.41, 5.74) is -0.103. The van der Waals surface area contributed by atoms with Gasteiger partial charge in [-0.3, -0.25) is 0 Å². The molecule has 1 rings (SSSR count). The molecule has 0 aliphatic rings. The molecule has 8 heteroatoms. The topological polar surface area (TPSA) is 119 Å². The standard InChI is InChI=1S/C15H16O8/c1-3-6-22-15(20)9-7-10(16)14(19)11(8-9)23-13(18)5-4-12(17)21-2/h4-5,7-8,16,19H,3,6H2,1-2H3/b5-4+. The molecule has 0 radical (unpaired) electrons. The van der Waals surface area contributed by atoms with Gasteiger partial charge in [-0.1, -0.05) is 6.92 Å². The van der Waals surface area contributed by atoms with Crippen molar-refractivity contribution in [3.05, 3.63) is 29.8 Å². The van der Waals surface area contributed by atoms with Crippen molar-refractivity contribution < 1.29 is 38.8 Å². The summed E-state index contributed by atoms with van der Waals surface area (Å²) in [6.07, 6.45) is 2.19. The fourth-order valence-electron chi connectivity index (χ4n) is 1.41. The first-order valence-electron chi connectivity index (χ1n) is 6.60. The van der Waals surface area contributed by atoms with Crippen LogP contribution in [0.1, 0.15) is 23.7 Å². The summed E-state index contributed by atoms with van der Waals surface area (Å²) >= 11 is 0. The molecule has 124 valence electrons. The van der Waals surface area contributed by atoms with Crippen molar-refractivity contribution in [3.63, 3.8) is 0 Å². The van der Waals surface area contributed by atoms with E-state index in [1.54, 1.807) is 0 Å². The molecule has 0 saturated heterocycles. The molecule has 0 spiro atoms. The van der Waals surface area contributed by atoms with Crippen LogP contribution in [0.2, 0.25) is 0 Å². The van der Waals surface area contributed by atoms with Crippen LogP contribution in [0.5, 0.6) is 17.2 Å². The third kappa shape index (κ3) is 5.34. The molecule has 0 aromatic heterocycles. The summed E-state index contributed by atoms with van der Waals surface area (Å²) in [6, 6.07) is 2.02. The Bertz CT molecular complexity index is 633. The lowest BCUT2D eigenvalue weighted by Crippen LogP contribution is -2.09. The third-order valence-electron chi connectivity index (χ3n) is 2.50. The van der Waals surface area contributed by atoms with Gasteiger partial charge < -0.3 is 24.4 Å². The quantitative estimate of drug-likeness (QED) is 0.348. The molecule has 0 amide bonds. The Balaban J connectivity index is 2.95. The number of rotatable bonds is 6. The number of hydrogen-bond donors (Lipinski definition) is 2. The van der Waals surface area contributed by atoms with E-state index in [9.17, 15) is 24.6 Å². The Morgan fingerprint density at radius 1 is 1.13 bits per heavy atom. The second-order valence-electron chi connectivity index (χ2n) is 4.26. The van der Waals surface area contributed by atoms with E-state index >= 15 is 0 Å². The predicted octanol–water partition coefficient (Wildman–Crippen LogP) is 1.30.